The van der Waals surface area contributed by atoms with E-state index in [1.165, 1.54) is 0 Å². The summed E-state index contributed by atoms with van der Waals surface area (Å²) >= 11 is 12.7. The molecule has 7 heteroatoms. The maximum atomic E-state index is 6.47. The van der Waals surface area contributed by atoms with Crippen LogP contribution in [0.1, 0.15) is 12.0 Å². The van der Waals surface area contributed by atoms with Crippen molar-refractivity contribution in [2.75, 3.05) is 46.4 Å². The van der Waals surface area contributed by atoms with E-state index in [2.05, 4.69) is 26.8 Å². The Kier molecular flexibility index (Phi) is 6.30. The Hall–Kier alpha value is -1.79. The topological polar surface area (TPSA) is 44.4 Å². The van der Waals surface area contributed by atoms with Crippen LogP contribution in [-0.2, 0) is 0 Å². The molecule has 4 rings (SSSR count). The van der Waals surface area contributed by atoms with Crippen LogP contribution >= 0.6 is 23.2 Å². The van der Waals surface area contributed by atoms with E-state index in [9.17, 15) is 0 Å². The minimum Gasteiger partial charge on any atom is -0.492 e. The van der Waals surface area contributed by atoms with Crippen LogP contribution in [-0.4, -0.2) is 66.1 Å². The lowest BCUT2D eigenvalue weighted by molar-refractivity contribution is 0.145. The van der Waals surface area contributed by atoms with Gasteiger partial charge in [-0.05, 0) is 56.3 Å². The molecule has 1 aliphatic rings. The van der Waals surface area contributed by atoms with Gasteiger partial charge in [0.05, 0.1) is 22.7 Å². The molecule has 0 radical (unpaired) electrons. The van der Waals surface area contributed by atoms with Crippen molar-refractivity contribution in [2.24, 2.45) is 0 Å². The van der Waals surface area contributed by atoms with Crippen LogP contribution in [0.2, 0.25) is 10.0 Å². The average molecular weight is 433 g/mol. The maximum absolute atomic E-state index is 6.47. The molecule has 0 aliphatic carbocycles. The number of hydrogen-bond acceptors (Lipinski definition) is 4. The van der Waals surface area contributed by atoms with Gasteiger partial charge in [-0.2, -0.15) is 0 Å². The zero-order chi connectivity index (χ0) is 20.4. The number of piperazine rings is 1. The van der Waals surface area contributed by atoms with Crippen LogP contribution in [0.3, 0.4) is 0 Å². The van der Waals surface area contributed by atoms with Crippen molar-refractivity contribution >= 4 is 34.2 Å². The Balaban J connectivity index is 1.36. The third kappa shape index (κ3) is 4.86. The van der Waals surface area contributed by atoms with E-state index < -0.39 is 0 Å². The van der Waals surface area contributed by atoms with Gasteiger partial charge in [0.15, 0.2) is 0 Å². The fourth-order valence-corrected chi connectivity index (χ4v) is 3.98. The molecule has 0 amide bonds. The van der Waals surface area contributed by atoms with Crippen LogP contribution in [0.5, 0.6) is 5.75 Å². The highest BCUT2D eigenvalue weighted by molar-refractivity contribution is 6.32. The quantitative estimate of drug-likeness (QED) is 0.564. The third-order valence-electron chi connectivity index (χ3n) is 5.44. The first-order valence-corrected chi connectivity index (χ1v) is 10.7. The molecule has 1 fully saturated rings. The number of H-pyrrole nitrogens is 1. The first-order valence-electron chi connectivity index (χ1n) is 9.99. The molecular formula is C22H26Cl2N4O. The number of nitrogens with zero attached hydrogens (tertiary/aromatic N) is 3. The molecule has 1 aromatic heterocycles. The Morgan fingerprint density at radius 1 is 1.07 bits per heavy atom. The highest BCUT2D eigenvalue weighted by Crippen LogP contribution is 2.31. The fraction of sp³-hybridized carbons (Fsp3) is 0.409. The molecule has 1 saturated heterocycles. The molecule has 1 N–H and O–H groups in total. The molecular weight excluding hydrogens is 407 g/mol. The highest BCUT2D eigenvalue weighted by Gasteiger charge is 2.13. The molecule has 0 unspecified atom stereocenters. The minimum absolute atomic E-state index is 0.594. The minimum atomic E-state index is 0.594. The van der Waals surface area contributed by atoms with Gasteiger partial charge in [0.25, 0.3) is 0 Å². The van der Waals surface area contributed by atoms with Crippen LogP contribution in [0.25, 0.3) is 22.4 Å². The van der Waals surface area contributed by atoms with E-state index in [4.69, 9.17) is 27.9 Å². The monoisotopic (exact) mass is 432 g/mol. The number of halogens is 2. The van der Waals surface area contributed by atoms with E-state index in [1.54, 1.807) is 0 Å². The van der Waals surface area contributed by atoms with Gasteiger partial charge in [-0.25, -0.2) is 4.98 Å². The third-order valence-corrected chi connectivity index (χ3v) is 6.14. The van der Waals surface area contributed by atoms with E-state index >= 15 is 0 Å². The SMILES string of the molecule is Cc1cc2[nH]c(-c3ccc(OCCCN4CCN(C)CC4)c(Cl)c3)nc2cc1Cl. The molecule has 3 aromatic rings. The Labute approximate surface area is 181 Å². The standard InChI is InChI=1S/C22H26Cl2N4O/c1-15-12-19-20(14-17(15)23)26-22(25-19)16-4-5-21(18(24)13-16)29-11-3-6-28-9-7-27(2)8-10-28/h4-5,12-14H,3,6-11H2,1-2H3,(H,25,26). The zero-order valence-corrected chi connectivity index (χ0v) is 18.4. The predicted molar refractivity (Wildman–Crippen MR) is 120 cm³/mol. The number of imidazole rings is 1. The van der Waals surface area contributed by atoms with Crippen LogP contribution in [0.4, 0.5) is 0 Å². The van der Waals surface area contributed by atoms with Crippen molar-refractivity contribution < 1.29 is 4.74 Å². The van der Waals surface area contributed by atoms with Crippen LogP contribution in [0.15, 0.2) is 30.3 Å². The van der Waals surface area contributed by atoms with E-state index in [-0.39, 0.29) is 0 Å². The Morgan fingerprint density at radius 3 is 2.62 bits per heavy atom. The first kappa shape index (κ1) is 20.5. The maximum Gasteiger partial charge on any atom is 0.138 e. The Morgan fingerprint density at radius 2 is 1.86 bits per heavy atom. The number of nitrogens with one attached hydrogen (secondary N) is 1. The number of likely N-dealkylation sites (N-methyl/N-ethyl adjacent to an activating group) is 1. The lowest BCUT2D eigenvalue weighted by atomic mass is 10.2. The second-order valence-electron chi connectivity index (χ2n) is 7.70. The molecule has 0 spiro atoms. The summed E-state index contributed by atoms with van der Waals surface area (Å²) in [4.78, 5) is 12.8. The zero-order valence-electron chi connectivity index (χ0n) is 16.8. The molecule has 154 valence electrons. The molecule has 0 atom stereocenters. The second kappa shape index (κ2) is 8.92. The van der Waals surface area contributed by atoms with Crippen molar-refractivity contribution in [2.45, 2.75) is 13.3 Å². The largest absolute Gasteiger partial charge is 0.492 e. The number of rotatable bonds is 6. The summed E-state index contributed by atoms with van der Waals surface area (Å²) in [7, 11) is 2.17. The van der Waals surface area contributed by atoms with Gasteiger partial charge in [0.2, 0.25) is 0 Å². The highest BCUT2D eigenvalue weighted by atomic mass is 35.5. The van der Waals surface area contributed by atoms with Crippen molar-refractivity contribution in [3.05, 3.63) is 45.9 Å². The fourth-order valence-electron chi connectivity index (χ4n) is 3.58. The summed E-state index contributed by atoms with van der Waals surface area (Å²) in [5.74, 6) is 1.48. The van der Waals surface area contributed by atoms with Gasteiger partial charge in [0.1, 0.15) is 11.6 Å². The van der Waals surface area contributed by atoms with E-state index in [0.29, 0.717) is 22.4 Å². The van der Waals surface area contributed by atoms with Crippen LogP contribution < -0.4 is 4.74 Å². The molecule has 0 saturated carbocycles. The number of benzene rings is 2. The number of aromatic amines is 1. The van der Waals surface area contributed by atoms with Gasteiger partial charge in [0, 0.05) is 43.3 Å². The van der Waals surface area contributed by atoms with Crippen molar-refractivity contribution in [1.82, 2.24) is 19.8 Å². The molecule has 2 aromatic carbocycles. The summed E-state index contributed by atoms with van der Waals surface area (Å²) in [6, 6.07) is 9.68. The lowest BCUT2D eigenvalue weighted by Gasteiger charge is -2.32. The molecule has 5 nitrogen and oxygen atoms in total. The molecule has 1 aliphatic heterocycles. The molecule has 0 bridgehead atoms. The number of fused-ring (bicyclic) bond motifs is 1. The lowest BCUT2D eigenvalue weighted by Crippen LogP contribution is -2.44. The summed E-state index contributed by atoms with van der Waals surface area (Å²) in [5, 5.41) is 1.31. The van der Waals surface area contributed by atoms with Gasteiger partial charge in [-0.3, -0.25) is 0 Å². The number of ether oxygens (including phenoxy) is 1. The van der Waals surface area contributed by atoms with Crippen LogP contribution in [0, 0.1) is 6.92 Å². The van der Waals surface area contributed by atoms with E-state index in [1.807, 2.05) is 37.3 Å². The number of aromatic nitrogens is 2. The number of aryl methyl sites for hydroxylation is 1. The summed E-state index contributed by atoms with van der Waals surface area (Å²) in [6.45, 7) is 8.25. The second-order valence-corrected chi connectivity index (χ2v) is 8.51. The van der Waals surface area contributed by atoms with Gasteiger partial charge in [-0.1, -0.05) is 23.2 Å². The van der Waals surface area contributed by atoms with Gasteiger partial charge >= 0.3 is 0 Å². The average Bonchev–Trinajstić information content (AvgIpc) is 3.10. The molecule has 29 heavy (non-hydrogen) atoms. The van der Waals surface area contributed by atoms with Gasteiger partial charge < -0.3 is 19.5 Å². The number of hydrogen-bond donors (Lipinski definition) is 1. The summed E-state index contributed by atoms with van der Waals surface area (Å²) in [5.41, 5.74) is 3.75. The summed E-state index contributed by atoms with van der Waals surface area (Å²) < 4.78 is 5.91. The van der Waals surface area contributed by atoms with E-state index in [0.717, 1.165) is 67.1 Å². The first-order chi connectivity index (χ1) is 14.0. The van der Waals surface area contributed by atoms with Gasteiger partial charge in [-0.15, -0.1) is 0 Å². The smallest absolute Gasteiger partial charge is 0.138 e. The Bertz CT molecular complexity index is 957. The van der Waals surface area contributed by atoms with Crippen molar-refractivity contribution in [3.63, 3.8) is 0 Å². The predicted octanol–water partition coefficient (Wildman–Crippen LogP) is 4.86. The van der Waals surface area contributed by atoms with Crippen molar-refractivity contribution in [1.29, 1.82) is 0 Å². The van der Waals surface area contributed by atoms with Crippen molar-refractivity contribution in [3.8, 4) is 17.1 Å². The normalized spacial score (nSPS) is 15.9. The molecule has 2 heterocycles. The summed E-state index contributed by atoms with van der Waals surface area (Å²) in [6.07, 6.45) is 0.992.